The van der Waals surface area contributed by atoms with Crippen molar-refractivity contribution >= 4 is 26.8 Å². The number of sulfone groups is 1. The Morgan fingerprint density at radius 3 is 2.95 bits per heavy atom. The Kier molecular flexibility index (Phi) is 2.78. The molecule has 5 nitrogen and oxygen atoms in total. The normalized spacial score (nSPS) is 19.8. The molecule has 6 heteroatoms. The van der Waals surface area contributed by atoms with Gasteiger partial charge in [0, 0.05) is 24.3 Å². The molecule has 0 spiro atoms. The maximum atomic E-state index is 11.5. The molecule has 3 heterocycles. The number of nitrogens with one attached hydrogen (secondary N) is 1. The molecule has 1 aliphatic rings. The van der Waals surface area contributed by atoms with E-state index in [9.17, 15) is 8.42 Å². The van der Waals surface area contributed by atoms with Crippen LogP contribution in [-0.4, -0.2) is 26.2 Å². The highest BCUT2D eigenvalue weighted by molar-refractivity contribution is 7.90. The molecule has 19 heavy (non-hydrogen) atoms. The number of pyridine rings is 1. The Hall–Kier alpha value is -1.56. The van der Waals surface area contributed by atoms with Crippen molar-refractivity contribution in [3.8, 4) is 0 Å². The van der Waals surface area contributed by atoms with E-state index in [-0.39, 0.29) is 5.09 Å². The van der Waals surface area contributed by atoms with Crippen LogP contribution >= 0.6 is 0 Å². The Labute approximate surface area is 111 Å². The van der Waals surface area contributed by atoms with Crippen LogP contribution in [0.2, 0.25) is 0 Å². The summed E-state index contributed by atoms with van der Waals surface area (Å²) in [7, 11) is -3.34. The van der Waals surface area contributed by atoms with Crippen LogP contribution in [-0.2, 0) is 9.84 Å². The molecule has 1 aliphatic heterocycles. The van der Waals surface area contributed by atoms with Crippen molar-refractivity contribution in [3.63, 3.8) is 0 Å². The monoisotopic (exact) mass is 280 g/mol. The van der Waals surface area contributed by atoms with Crippen molar-refractivity contribution < 1.29 is 12.8 Å². The third-order valence-electron chi connectivity index (χ3n) is 3.52. The summed E-state index contributed by atoms with van der Waals surface area (Å²) in [5.74, 6) is 1.23. The molecule has 0 saturated heterocycles. The molecule has 2 aromatic heterocycles. The predicted octanol–water partition coefficient (Wildman–Crippen LogP) is 2.54. The molecule has 102 valence electrons. The summed E-state index contributed by atoms with van der Waals surface area (Å²) in [6, 6.07) is 3.54. The van der Waals surface area contributed by atoms with Gasteiger partial charge in [0.15, 0.2) is 0 Å². The van der Waals surface area contributed by atoms with Gasteiger partial charge in [-0.25, -0.2) is 8.42 Å². The molecule has 0 amide bonds. The number of anilines is 1. The van der Waals surface area contributed by atoms with E-state index in [0.717, 1.165) is 42.4 Å². The molecule has 0 radical (unpaired) electrons. The zero-order chi connectivity index (χ0) is 13.6. The fourth-order valence-electron chi connectivity index (χ4n) is 2.44. The average molecular weight is 280 g/mol. The molecule has 0 saturated carbocycles. The smallest absolute Gasteiger partial charge is 0.229 e. The second-order valence-electron chi connectivity index (χ2n) is 5.13. The van der Waals surface area contributed by atoms with Gasteiger partial charge >= 0.3 is 0 Å². The SMILES string of the molecule is CC1CCCNc2nc3oc(S(C)(=O)=O)cc3cc21. The van der Waals surface area contributed by atoms with Crippen molar-refractivity contribution in [2.24, 2.45) is 0 Å². The highest BCUT2D eigenvalue weighted by Crippen LogP contribution is 2.33. The fourth-order valence-corrected chi connectivity index (χ4v) is 3.01. The second-order valence-corrected chi connectivity index (χ2v) is 7.07. The Balaban J connectivity index is 2.21. The van der Waals surface area contributed by atoms with E-state index in [1.807, 2.05) is 6.07 Å². The minimum absolute atomic E-state index is 0.0252. The van der Waals surface area contributed by atoms with Crippen LogP contribution in [0.5, 0.6) is 0 Å². The van der Waals surface area contributed by atoms with Gasteiger partial charge in [0.1, 0.15) is 5.82 Å². The summed E-state index contributed by atoms with van der Waals surface area (Å²) in [6.45, 7) is 3.05. The molecule has 2 aromatic rings. The molecular formula is C13H16N2O3S. The zero-order valence-corrected chi connectivity index (χ0v) is 11.8. The van der Waals surface area contributed by atoms with Crippen LogP contribution < -0.4 is 5.32 Å². The summed E-state index contributed by atoms with van der Waals surface area (Å²) in [4.78, 5) is 4.42. The number of fused-ring (bicyclic) bond motifs is 2. The number of furan rings is 1. The van der Waals surface area contributed by atoms with E-state index in [1.165, 1.54) is 0 Å². The molecule has 1 atom stereocenters. The zero-order valence-electron chi connectivity index (χ0n) is 10.9. The fraction of sp³-hybridized carbons (Fsp3) is 0.462. The van der Waals surface area contributed by atoms with Crippen molar-refractivity contribution in [1.29, 1.82) is 0 Å². The maximum absolute atomic E-state index is 11.5. The van der Waals surface area contributed by atoms with Crippen molar-refractivity contribution in [3.05, 3.63) is 17.7 Å². The van der Waals surface area contributed by atoms with Gasteiger partial charge < -0.3 is 9.73 Å². The van der Waals surface area contributed by atoms with E-state index in [4.69, 9.17) is 4.42 Å². The highest BCUT2D eigenvalue weighted by atomic mass is 32.2. The van der Waals surface area contributed by atoms with Crippen LogP contribution in [0.25, 0.3) is 11.1 Å². The lowest BCUT2D eigenvalue weighted by atomic mass is 9.97. The van der Waals surface area contributed by atoms with Crippen molar-refractivity contribution in [1.82, 2.24) is 4.98 Å². The van der Waals surface area contributed by atoms with Crippen LogP contribution in [0.4, 0.5) is 5.82 Å². The largest absolute Gasteiger partial charge is 0.426 e. The lowest BCUT2D eigenvalue weighted by Gasteiger charge is -2.10. The Morgan fingerprint density at radius 2 is 2.21 bits per heavy atom. The first kappa shape index (κ1) is 12.5. The predicted molar refractivity (Wildman–Crippen MR) is 73.3 cm³/mol. The second kappa shape index (κ2) is 4.23. The lowest BCUT2D eigenvalue weighted by molar-refractivity contribution is 0.477. The van der Waals surface area contributed by atoms with Crippen LogP contribution in [0, 0.1) is 0 Å². The molecule has 0 bridgehead atoms. The quantitative estimate of drug-likeness (QED) is 0.869. The molecule has 0 fully saturated rings. The number of rotatable bonds is 1. The van der Waals surface area contributed by atoms with Gasteiger partial charge in [-0.15, -0.1) is 0 Å². The first-order valence-corrected chi connectivity index (χ1v) is 8.23. The summed E-state index contributed by atoms with van der Waals surface area (Å²) >= 11 is 0. The molecule has 1 N–H and O–H groups in total. The average Bonchev–Trinajstić information content (AvgIpc) is 2.67. The number of aromatic nitrogens is 1. The summed E-state index contributed by atoms with van der Waals surface area (Å²) in [5.41, 5.74) is 1.51. The van der Waals surface area contributed by atoms with E-state index >= 15 is 0 Å². The highest BCUT2D eigenvalue weighted by Gasteiger charge is 2.20. The minimum atomic E-state index is -3.34. The Morgan fingerprint density at radius 1 is 1.42 bits per heavy atom. The molecule has 0 aromatic carbocycles. The van der Waals surface area contributed by atoms with Gasteiger partial charge in [0.25, 0.3) is 0 Å². The number of nitrogens with zero attached hydrogens (tertiary/aromatic N) is 1. The molecular weight excluding hydrogens is 264 g/mol. The first-order chi connectivity index (χ1) is 8.95. The van der Waals surface area contributed by atoms with Gasteiger partial charge in [0.05, 0.1) is 0 Å². The van der Waals surface area contributed by atoms with E-state index in [0.29, 0.717) is 11.6 Å². The first-order valence-electron chi connectivity index (χ1n) is 6.33. The van der Waals surface area contributed by atoms with Gasteiger partial charge in [-0.05, 0) is 30.4 Å². The van der Waals surface area contributed by atoms with Gasteiger partial charge in [-0.3, -0.25) is 0 Å². The minimum Gasteiger partial charge on any atom is -0.426 e. The van der Waals surface area contributed by atoms with Gasteiger partial charge in [-0.2, -0.15) is 4.98 Å². The standard InChI is InChI=1S/C13H16N2O3S/c1-8-4-3-5-14-12-10(8)6-9-7-11(19(2,16)17)18-13(9)15-12/h6-8H,3-5H2,1-2H3,(H,14,15). The third-order valence-corrected chi connectivity index (χ3v) is 4.45. The summed E-state index contributed by atoms with van der Waals surface area (Å²) in [5, 5.41) is 4.00. The van der Waals surface area contributed by atoms with Crippen LogP contribution in [0.3, 0.4) is 0 Å². The van der Waals surface area contributed by atoms with E-state index in [1.54, 1.807) is 6.07 Å². The van der Waals surface area contributed by atoms with Gasteiger partial charge in [0.2, 0.25) is 20.6 Å². The van der Waals surface area contributed by atoms with E-state index < -0.39 is 9.84 Å². The lowest BCUT2D eigenvalue weighted by Crippen LogP contribution is -2.02. The molecule has 1 unspecified atom stereocenters. The number of hydrogen-bond acceptors (Lipinski definition) is 5. The van der Waals surface area contributed by atoms with Gasteiger partial charge in [-0.1, -0.05) is 6.92 Å². The van der Waals surface area contributed by atoms with E-state index in [2.05, 4.69) is 17.2 Å². The molecule has 3 rings (SSSR count). The topological polar surface area (TPSA) is 72.2 Å². The van der Waals surface area contributed by atoms with Crippen LogP contribution in [0.1, 0.15) is 31.2 Å². The third kappa shape index (κ3) is 2.20. The van der Waals surface area contributed by atoms with Crippen molar-refractivity contribution in [2.45, 2.75) is 30.8 Å². The van der Waals surface area contributed by atoms with Crippen LogP contribution in [0.15, 0.2) is 21.6 Å². The Bertz CT molecular complexity index is 734. The van der Waals surface area contributed by atoms with Crippen molar-refractivity contribution in [2.75, 3.05) is 18.1 Å². The molecule has 0 aliphatic carbocycles. The summed E-state index contributed by atoms with van der Waals surface area (Å²) in [6.07, 6.45) is 3.34. The summed E-state index contributed by atoms with van der Waals surface area (Å²) < 4.78 is 28.3. The number of hydrogen-bond donors (Lipinski definition) is 1. The maximum Gasteiger partial charge on any atom is 0.229 e.